The van der Waals surface area contributed by atoms with E-state index in [4.69, 9.17) is 10.5 Å². The highest BCUT2D eigenvalue weighted by Gasteiger charge is 2.09. The molecular weight excluding hydrogens is 212 g/mol. The Morgan fingerprint density at radius 3 is 2.82 bits per heavy atom. The SMILES string of the molecule is CCC(CN)Oc1cccc2ccc(C)nc12. The van der Waals surface area contributed by atoms with Crippen LogP contribution in [0.25, 0.3) is 10.9 Å². The summed E-state index contributed by atoms with van der Waals surface area (Å²) in [7, 11) is 0. The van der Waals surface area contributed by atoms with Gasteiger partial charge in [0.05, 0.1) is 0 Å². The van der Waals surface area contributed by atoms with Crippen LogP contribution in [0.3, 0.4) is 0 Å². The number of nitrogens with zero attached hydrogens (tertiary/aromatic N) is 1. The summed E-state index contributed by atoms with van der Waals surface area (Å²) in [6.07, 6.45) is 0.960. The molecule has 1 unspecified atom stereocenters. The fourth-order valence-corrected chi connectivity index (χ4v) is 1.79. The van der Waals surface area contributed by atoms with Crippen molar-refractivity contribution < 1.29 is 4.74 Å². The largest absolute Gasteiger partial charge is 0.487 e. The molecule has 0 bridgehead atoms. The average Bonchev–Trinajstić information content (AvgIpc) is 2.36. The van der Waals surface area contributed by atoms with E-state index in [0.717, 1.165) is 28.8 Å². The monoisotopic (exact) mass is 230 g/mol. The minimum atomic E-state index is 0.0583. The zero-order valence-electron chi connectivity index (χ0n) is 10.3. The number of benzene rings is 1. The number of hydrogen-bond acceptors (Lipinski definition) is 3. The van der Waals surface area contributed by atoms with Gasteiger partial charge in [-0.3, -0.25) is 0 Å². The number of rotatable bonds is 4. The highest BCUT2D eigenvalue weighted by Crippen LogP contribution is 2.25. The van der Waals surface area contributed by atoms with Crippen molar-refractivity contribution >= 4 is 10.9 Å². The van der Waals surface area contributed by atoms with Gasteiger partial charge in [-0.2, -0.15) is 0 Å². The second-order valence-electron chi connectivity index (χ2n) is 4.16. The number of hydrogen-bond donors (Lipinski definition) is 1. The van der Waals surface area contributed by atoms with Crippen LogP contribution in [0, 0.1) is 6.92 Å². The third-order valence-corrected chi connectivity index (χ3v) is 2.83. The summed E-state index contributed by atoms with van der Waals surface area (Å²) < 4.78 is 5.89. The van der Waals surface area contributed by atoms with Crippen LogP contribution < -0.4 is 10.5 Å². The smallest absolute Gasteiger partial charge is 0.146 e. The highest BCUT2D eigenvalue weighted by molar-refractivity contribution is 5.84. The first kappa shape index (κ1) is 11.9. The molecule has 1 aromatic carbocycles. The summed E-state index contributed by atoms with van der Waals surface area (Å²) in [6.45, 7) is 4.58. The van der Waals surface area contributed by atoms with Crippen LogP contribution in [0.4, 0.5) is 0 Å². The van der Waals surface area contributed by atoms with Gasteiger partial charge in [0.25, 0.3) is 0 Å². The van der Waals surface area contributed by atoms with E-state index >= 15 is 0 Å². The molecule has 0 aliphatic carbocycles. The zero-order valence-corrected chi connectivity index (χ0v) is 10.3. The molecule has 2 aromatic rings. The van der Waals surface area contributed by atoms with E-state index in [2.05, 4.69) is 18.0 Å². The second-order valence-corrected chi connectivity index (χ2v) is 4.16. The number of aryl methyl sites for hydroxylation is 1. The Kier molecular flexibility index (Phi) is 3.59. The third kappa shape index (κ3) is 2.56. The maximum atomic E-state index is 5.89. The summed E-state index contributed by atoms with van der Waals surface area (Å²) in [4.78, 5) is 4.53. The van der Waals surface area contributed by atoms with Crippen molar-refractivity contribution in [2.24, 2.45) is 5.73 Å². The lowest BCUT2D eigenvalue weighted by Crippen LogP contribution is -2.25. The molecule has 1 heterocycles. The first-order chi connectivity index (χ1) is 8.24. The predicted molar refractivity (Wildman–Crippen MR) is 70.2 cm³/mol. The fourth-order valence-electron chi connectivity index (χ4n) is 1.79. The molecule has 1 aromatic heterocycles. The van der Waals surface area contributed by atoms with Crippen molar-refractivity contribution in [3.63, 3.8) is 0 Å². The normalized spacial score (nSPS) is 12.6. The molecule has 2 N–H and O–H groups in total. The molecule has 3 nitrogen and oxygen atoms in total. The number of nitrogens with two attached hydrogens (primary N) is 1. The molecule has 3 heteroatoms. The van der Waals surface area contributed by atoms with E-state index in [1.54, 1.807) is 0 Å². The molecule has 17 heavy (non-hydrogen) atoms. The molecule has 0 spiro atoms. The van der Waals surface area contributed by atoms with Gasteiger partial charge in [-0.05, 0) is 25.5 Å². The number of pyridine rings is 1. The number of fused-ring (bicyclic) bond motifs is 1. The van der Waals surface area contributed by atoms with Gasteiger partial charge in [0, 0.05) is 17.6 Å². The number of ether oxygens (including phenoxy) is 1. The minimum absolute atomic E-state index is 0.0583. The highest BCUT2D eigenvalue weighted by atomic mass is 16.5. The molecule has 0 amide bonds. The summed E-state index contributed by atoms with van der Waals surface area (Å²) in [5, 5.41) is 1.10. The molecule has 0 saturated heterocycles. The van der Waals surface area contributed by atoms with Crippen molar-refractivity contribution in [3.05, 3.63) is 36.0 Å². The Hall–Kier alpha value is -1.61. The molecule has 2 rings (SSSR count). The molecule has 90 valence electrons. The van der Waals surface area contributed by atoms with E-state index in [0.29, 0.717) is 6.54 Å². The third-order valence-electron chi connectivity index (χ3n) is 2.83. The van der Waals surface area contributed by atoms with Crippen LogP contribution in [-0.4, -0.2) is 17.6 Å². The van der Waals surface area contributed by atoms with Crippen molar-refractivity contribution in [2.45, 2.75) is 26.4 Å². The van der Waals surface area contributed by atoms with Gasteiger partial charge in [-0.15, -0.1) is 0 Å². The molecular formula is C14H18N2O. The van der Waals surface area contributed by atoms with Gasteiger partial charge in [0.2, 0.25) is 0 Å². The Morgan fingerprint density at radius 2 is 2.12 bits per heavy atom. The van der Waals surface area contributed by atoms with Gasteiger partial charge in [0.15, 0.2) is 0 Å². The summed E-state index contributed by atoms with van der Waals surface area (Å²) in [5.74, 6) is 0.823. The van der Waals surface area contributed by atoms with Gasteiger partial charge < -0.3 is 10.5 Å². The molecule has 0 aliphatic rings. The summed E-state index contributed by atoms with van der Waals surface area (Å²) in [6, 6.07) is 10.0. The van der Waals surface area contributed by atoms with Crippen LogP contribution in [-0.2, 0) is 0 Å². The van der Waals surface area contributed by atoms with E-state index in [1.807, 2.05) is 31.2 Å². The van der Waals surface area contributed by atoms with Crippen molar-refractivity contribution in [1.82, 2.24) is 4.98 Å². The van der Waals surface area contributed by atoms with Gasteiger partial charge in [-0.1, -0.05) is 25.1 Å². The summed E-state index contributed by atoms with van der Waals surface area (Å²) >= 11 is 0. The van der Waals surface area contributed by atoms with Crippen LogP contribution in [0.2, 0.25) is 0 Å². The molecule has 0 radical (unpaired) electrons. The minimum Gasteiger partial charge on any atom is -0.487 e. The Labute approximate surface area is 102 Å². The summed E-state index contributed by atoms with van der Waals surface area (Å²) in [5.41, 5.74) is 7.57. The van der Waals surface area contributed by atoms with Crippen LogP contribution in [0.15, 0.2) is 30.3 Å². The quantitative estimate of drug-likeness (QED) is 0.878. The van der Waals surface area contributed by atoms with Crippen molar-refractivity contribution in [2.75, 3.05) is 6.54 Å². The maximum absolute atomic E-state index is 5.89. The lowest BCUT2D eigenvalue weighted by Gasteiger charge is -2.16. The number of aromatic nitrogens is 1. The average molecular weight is 230 g/mol. The van der Waals surface area contributed by atoms with Crippen molar-refractivity contribution in [3.8, 4) is 5.75 Å². The zero-order chi connectivity index (χ0) is 12.3. The van der Waals surface area contributed by atoms with E-state index in [9.17, 15) is 0 Å². The van der Waals surface area contributed by atoms with Crippen molar-refractivity contribution in [1.29, 1.82) is 0 Å². The fraction of sp³-hybridized carbons (Fsp3) is 0.357. The molecule has 1 atom stereocenters. The lowest BCUT2D eigenvalue weighted by atomic mass is 10.2. The molecule has 0 fully saturated rings. The first-order valence-corrected chi connectivity index (χ1v) is 5.97. The predicted octanol–water partition coefficient (Wildman–Crippen LogP) is 2.66. The maximum Gasteiger partial charge on any atom is 0.146 e. The Bertz CT molecular complexity index is 507. The molecule has 0 aliphatic heterocycles. The van der Waals surface area contributed by atoms with E-state index < -0.39 is 0 Å². The van der Waals surface area contributed by atoms with Gasteiger partial charge >= 0.3 is 0 Å². The van der Waals surface area contributed by atoms with E-state index in [1.165, 1.54) is 0 Å². The Morgan fingerprint density at radius 1 is 1.29 bits per heavy atom. The van der Waals surface area contributed by atoms with Gasteiger partial charge in [0.1, 0.15) is 17.4 Å². The molecule has 0 saturated carbocycles. The van der Waals surface area contributed by atoms with Crippen LogP contribution in [0.5, 0.6) is 5.75 Å². The van der Waals surface area contributed by atoms with E-state index in [-0.39, 0.29) is 6.10 Å². The number of para-hydroxylation sites is 1. The van der Waals surface area contributed by atoms with Crippen LogP contribution >= 0.6 is 0 Å². The first-order valence-electron chi connectivity index (χ1n) is 5.97. The second kappa shape index (κ2) is 5.15. The standard InChI is InChI=1S/C14H18N2O/c1-3-12(9-15)17-13-6-4-5-11-8-7-10(2)16-14(11)13/h4-8,12H,3,9,15H2,1-2H3. The lowest BCUT2D eigenvalue weighted by molar-refractivity contribution is 0.207. The van der Waals surface area contributed by atoms with Gasteiger partial charge in [-0.25, -0.2) is 4.98 Å². The topological polar surface area (TPSA) is 48.1 Å². The Balaban J connectivity index is 2.42. The van der Waals surface area contributed by atoms with Crippen LogP contribution in [0.1, 0.15) is 19.0 Å².